The first-order valence-corrected chi connectivity index (χ1v) is 9.15. The van der Waals surface area contributed by atoms with Gasteiger partial charge < -0.3 is 9.47 Å². The molecule has 0 unspecified atom stereocenters. The van der Waals surface area contributed by atoms with Crippen LogP contribution in [0.5, 0.6) is 0 Å². The van der Waals surface area contributed by atoms with Crippen molar-refractivity contribution in [3.8, 4) is 0 Å². The molecule has 2 heteroatoms. The van der Waals surface area contributed by atoms with Gasteiger partial charge in [-0.15, -0.1) is 0 Å². The molecule has 23 heavy (non-hydrogen) atoms. The van der Waals surface area contributed by atoms with Gasteiger partial charge in [0.2, 0.25) is 0 Å². The summed E-state index contributed by atoms with van der Waals surface area (Å²) in [5.74, 6) is 0. The SMILES string of the molecule is C=Cc1ccc2c(cc(C)n2CCCCN2CCCCC2)c1C. The van der Waals surface area contributed by atoms with E-state index >= 15 is 0 Å². The Bertz CT molecular complexity index is 675. The maximum Gasteiger partial charge on any atom is 0.0485 e. The number of benzene rings is 1. The molecule has 0 radical (unpaired) electrons. The van der Waals surface area contributed by atoms with Gasteiger partial charge in [-0.25, -0.2) is 0 Å². The van der Waals surface area contributed by atoms with Crippen LogP contribution in [0.4, 0.5) is 0 Å². The first-order valence-electron chi connectivity index (χ1n) is 9.15. The molecule has 1 aliphatic heterocycles. The Hall–Kier alpha value is -1.54. The molecule has 1 aromatic carbocycles. The smallest absolute Gasteiger partial charge is 0.0485 e. The highest BCUT2D eigenvalue weighted by Gasteiger charge is 2.11. The normalized spacial score (nSPS) is 16.1. The minimum atomic E-state index is 1.13. The van der Waals surface area contributed by atoms with Crippen molar-refractivity contribution in [2.75, 3.05) is 19.6 Å². The Balaban J connectivity index is 1.64. The average molecular weight is 310 g/mol. The van der Waals surface area contributed by atoms with Crippen LogP contribution >= 0.6 is 0 Å². The lowest BCUT2D eigenvalue weighted by Crippen LogP contribution is -2.30. The van der Waals surface area contributed by atoms with Crippen LogP contribution in [0.25, 0.3) is 17.0 Å². The number of rotatable bonds is 6. The summed E-state index contributed by atoms with van der Waals surface area (Å²) in [7, 11) is 0. The van der Waals surface area contributed by atoms with Crippen molar-refractivity contribution < 1.29 is 0 Å². The minimum Gasteiger partial charge on any atom is -0.345 e. The number of aryl methyl sites for hydroxylation is 3. The molecule has 1 fully saturated rings. The second kappa shape index (κ2) is 7.35. The third kappa shape index (κ3) is 3.53. The third-order valence-corrected chi connectivity index (χ3v) is 5.38. The molecule has 3 rings (SSSR count). The van der Waals surface area contributed by atoms with Crippen LogP contribution < -0.4 is 0 Å². The van der Waals surface area contributed by atoms with Crippen molar-refractivity contribution in [2.45, 2.75) is 52.5 Å². The van der Waals surface area contributed by atoms with E-state index in [1.807, 2.05) is 6.08 Å². The summed E-state index contributed by atoms with van der Waals surface area (Å²) in [6.45, 7) is 13.4. The van der Waals surface area contributed by atoms with Gasteiger partial charge >= 0.3 is 0 Å². The van der Waals surface area contributed by atoms with Gasteiger partial charge in [0.1, 0.15) is 0 Å². The number of fused-ring (bicyclic) bond motifs is 1. The highest BCUT2D eigenvalue weighted by molar-refractivity contribution is 5.87. The van der Waals surface area contributed by atoms with E-state index in [0.717, 1.165) is 6.54 Å². The number of aromatic nitrogens is 1. The summed E-state index contributed by atoms with van der Waals surface area (Å²) in [5, 5.41) is 1.39. The van der Waals surface area contributed by atoms with E-state index in [-0.39, 0.29) is 0 Å². The predicted molar refractivity (Wildman–Crippen MR) is 101 cm³/mol. The Labute approximate surface area is 140 Å². The van der Waals surface area contributed by atoms with E-state index in [9.17, 15) is 0 Å². The summed E-state index contributed by atoms with van der Waals surface area (Å²) in [5.41, 5.74) is 5.36. The molecule has 2 aromatic rings. The summed E-state index contributed by atoms with van der Waals surface area (Å²) in [6, 6.07) is 6.80. The highest BCUT2D eigenvalue weighted by atomic mass is 15.1. The molecule has 2 heterocycles. The van der Waals surface area contributed by atoms with Crippen molar-refractivity contribution in [2.24, 2.45) is 0 Å². The van der Waals surface area contributed by atoms with Gasteiger partial charge in [0.25, 0.3) is 0 Å². The quantitative estimate of drug-likeness (QED) is 0.668. The van der Waals surface area contributed by atoms with Crippen LogP contribution in [0.1, 0.15) is 48.9 Å². The lowest BCUT2D eigenvalue weighted by Gasteiger charge is -2.26. The van der Waals surface area contributed by atoms with E-state index in [4.69, 9.17) is 0 Å². The number of piperidine rings is 1. The van der Waals surface area contributed by atoms with Crippen LogP contribution in [0, 0.1) is 13.8 Å². The van der Waals surface area contributed by atoms with Crippen LogP contribution in [0.15, 0.2) is 24.8 Å². The van der Waals surface area contributed by atoms with Gasteiger partial charge in [-0.2, -0.15) is 0 Å². The molecule has 0 bridgehead atoms. The largest absolute Gasteiger partial charge is 0.345 e. The van der Waals surface area contributed by atoms with E-state index < -0.39 is 0 Å². The second-order valence-electron chi connectivity index (χ2n) is 6.96. The fourth-order valence-electron chi connectivity index (χ4n) is 3.93. The molecule has 2 nitrogen and oxygen atoms in total. The molecule has 124 valence electrons. The molecule has 1 saturated heterocycles. The summed E-state index contributed by atoms with van der Waals surface area (Å²) in [4.78, 5) is 2.64. The molecule has 0 atom stereocenters. The van der Waals surface area contributed by atoms with Crippen molar-refractivity contribution in [3.63, 3.8) is 0 Å². The van der Waals surface area contributed by atoms with Gasteiger partial charge in [0.05, 0.1) is 0 Å². The van der Waals surface area contributed by atoms with E-state index in [0.29, 0.717) is 0 Å². The standard InChI is InChI=1S/C21H30N2/c1-4-19-10-11-21-20(18(19)3)16-17(2)23(21)15-9-8-14-22-12-6-5-7-13-22/h4,10-11,16H,1,5-9,12-15H2,2-3H3. The van der Waals surface area contributed by atoms with Crippen LogP contribution in [0.2, 0.25) is 0 Å². The summed E-state index contributed by atoms with van der Waals surface area (Å²) < 4.78 is 2.49. The number of unbranched alkanes of at least 4 members (excludes halogenated alkanes) is 1. The first-order chi connectivity index (χ1) is 11.2. The number of likely N-dealkylation sites (tertiary alicyclic amines) is 1. The second-order valence-corrected chi connectivity index (χ2v) is 6.96. The Kier molecular flexibility index (Phi) is 5.22. The molecule has 0 amide bonds. The fraction of sp³-hybridized carbons (Fsp3) is 0.524. The van der Waals surface area contributed by atoms with Crippen molar-refractivity contribution in [1.29, 1.82) is 0 Å². The van der Waals surface area contributed by atoms with Crippen molar-refractivity contribution in [3.05, 3.63) is 41.6 Å². The van der Waals surface area contributed by atoms with Crippen LogP contribution in [0.3, 0.4) is 0 Å². The first kappa shape index (κ1) is 16.3. The molecule has 1 aliphatic rings. The van der Waals surface area contributed by atoms with Crippen molar-refractivity contribution >= 4 is 17.0 Å². The van der Waals surface area contributed by atoms with Gasteiger partial charge in [-0.1, -0.05) is 25.1 Å². The molecule has 0 aliphatic carbocycles. The number of hydrogen-bond donors (Lipinski definition) is 0. The maximum absolute atomic E-state index is 3.92. The zero-order chi connectivity index (χ0) is 16.2. The molecule has 1 aromatic heterocycles. The van der Waals surface area contributed by atoms with E-state index in [1.165, 1.54) is 79.5 Å². The zero-order valence-corrected chi connectivity index (χ0v) is 14.8. The molecular weight excluding hydrogens is 280 g/mol. The van der Waals surface area contributed by atoms with Gasteiger partial charge in [0.15, 0.2) is 0 Å². The van der Waals surface area contributed by atoms with E-state index in [2.05, 4.69) is 48.1 Å². The molecule has 0 saturated carbocycles. The van der Waals surface area contributed by atoms with Crippen LogP contribution in [-0.4, -0.2) is 29.1 Å². The minimum absolute atomic E-state index is 1.13. The Morgan fingerprint density at radius 3 is 2.52 bits per heavy atom. The molecular formula is C21H30N2. The maximum atomic E-state index is 3.92. The average Bonchev–Trinajstić information content (AvgIpc) is 2.90. The third-order valence-electron chi connectivity index (χ3n) is 5.38. The van der Waals surface area contributed by atoms with Crippen molar-refractivity contribution in [1.82, 2.24) is 9.47 Å². The monoisotopic (exact) mass is 310 g/mol. The summed E-state index contributed by atoms with van der Waals surface area (Å²) >= 11 is 0. The zero-order valence-electron chi connectivity index (χ0n) is 14.8. The molecule has 0 spiro atoms. The van der Waals surface area contributed by atoms with Crippen LogP contribution in [-0.2, 0) is 6.54 Å². The van der Waals surface area contributed by atoms with Gasteiger partial charge in [-0.3, -0.25) is 0 Å². The van der Waals surface area contributed by atoms with E-state index in [1.54, 1.807) is 0 Å². The lowest BCUT2D eigenvalue weighted by molar-refractivity contribution is 0.223. The number of nitrogens with zero attached hydrogens (tertiary/aromatic N) is 2. The molecule has 0 N–H and O–H groups in total. The lowest BCUT2D eigenvalue weighted by atomic mass is 10.0. The Morgan fingerprint density at radius 1 is 1.04 bits per heavy atom. The topological polar surface area (TPSA) is 8.17 Å². The summed E-state index contributed by atoms with van der Waals surface area (Å²) in [6.07, 6.45) is 8.75. The van der Waals surface area contributed by atoms with Gasteiger partial charge in [-0.05, 0) is 82.4 Å². The predicted octanol–water partition coefficient (Wildman–Crippen LogP) is 5.17. The number of hydrogen-bond acceptors (Lipinski definition) is 1. The highest BCUT2D eigenvalue weighted by Crippen LogP contribution is 2.26. The Morgan fingerprint density at radius 2 is 1.78 bits per heavy atom. The van der Waals surface area contributed by atoms with Gasteiger partial charge in [0, 0.05) is 23.1 Å². The fourth-order valence-corrected chi connectivity index (χ4v) is 3.93.